The molecule has 5 nitrogen and oxygen atoms in total. The Bertz CT molecular complexity index is 614. The summed E-state index contributed by atoms with van der Waals surface area (Å²) in [5.74, 6) is -0.350. The Balaban J connectivity index is 1.61. The number of rotatable bonds is 3. The monoisotopic (exact) mass is 336 g/mol. The van der Waals surface area contributed by atoms with Crippen LogP contribution in [0.1, 0.15) is 24.8 Å². The molecule has 2 fully saturated rings. The number of ether oxygens (including phenoxy) is 1. The summed E-state index contributed by atoms with van der Waals surface area (Å²) < 4.78 is 5.34. The van der Waals surface area contributed by atoms with E-state index in [0.29, 0.717) is 30.5 Å². The van der Waals surface area contributed by atoms with Gasteiger partial charge in [0.15, 0.2) is 0 Å². The average Bonchev–Trinajstić information content (AvgIpc) is 2.94. The largest absolute Gasteiger partial charge is 0.381 e. The van der Waals surface area contributed by atoms with Gasteiger partial charge in [0.25, 0.3) is 0 Å². The number of amides is 2. The zero-order chi connectivity index (χ0) is 16.4. The fraction of sp³-hybridized carbons (Fsp3) is 0.529. The Hall–Kier alpha value is -1.59. The Labute approximate surface area is 140 Å². The quantitative estimate of drug-likeness (QED) is 0.923. The van der Waals surface area contributed by atoms with E-state index in [2.05, 4.69) is 5.32 Å². The van der Waals surface area contributed by atoms with Crippen LogP contribution in [0, 0.1) is 12.8 Å². The van der Waals surface area contributed by atoms with Crippen molar-refractivity contribution in [1.29, 1.82) is 0 Å². The standard InChI is InChI=1S/C17H21ClN2O3/c1-11-2-3-13(9-15(11)18)19-17(22)12-8-16(21)20(10-12)14-4-6-23-7-5-14/h2-3,9,12,14H,4-8,10H2,1H3,(H,19,22). The number of carbonyl (C=O) groups is 2. The van der Waals surface area contributed by atoms with Gasteiger partial charge in [0.05, 0.1) is 5.92 Å². The van der Waals surface area contributed by atoms with E-state index in [0.717, 1.165) is 18.4 Å². The number of hydrogen-bond donors (Lipinski definition) is 1. The summed E-state index contributed by atoms with van der Waals surface area (Å²) in [6, 6.07) is 5.64. The van der Waals surface area contributed by atoms with Gasteiger partial charge >= 0.3 is 0 Å². The maximum Gasteiger partial charge on any atom is 0.229 e. The summed E-state index contributed by atoms with van der Waals surface area (Å²) in [5.41, 5.74) is 1.63. The first-order chi connectivity index (χ1) is 11.0. The van der Waals surface area contributed by atoms with Crippen molar-refractivity contribution in [3.63, 3.8) is 0 Å². The van der Waals surface area contributed by atoms with E-state index in [9.17, 15) is 9.59 Å². The Morgan fingerprint density at radius 2 is 2.09 bits per heavy atom. The highest BCUT2D eigenvalue weighted by atomic mass is 35.5. The maximum absolute atomic E-state index is 12.4. The van der Waals surface area contributed by atoms with Gasteiger partial charge in [-0.25, -0.2) is 0 Å². The number of anilines is 1. The first-order valence-electron chi connectivity index (χ1n) is 7.99. The molecule has 2 amide bonds. The molecule has 0 spiro atoms. The number of nitrogens with one attached hydrogen (secondary N) is 1. The van der Waals surface area contributed by atoms with E-state index < -0.39 is 0 Å². The molecule has 1 N–H and O–H groups in total. The molecule has 0 bridgehead atoms. The van der Waals surface area contributed by atoms with E-state index in [4.69, 9.17) is 16.3 Å². The van der Waals surface area contributed by atoms with Crippen molar-refractivity contribution in [3.05, 3.63) is 28.8 Å². The highest BCUT2D eigenvalue weighted by Crippen LogP contribution is 2.26. The van der Waals surface area contributed by atoms with Crippen molar-refractivity contribution in [3.8, 4) is 0 Å². The predicted molar refractivity (Wildman–Crippen MR) is 88.5 cm³/mol. The fourth-order valence-electron chi connectivity index (χ4n) is 3.17. The molecule has 1 atom stereocenters. The van der Waals surface area contributed by atoms with Crippen LogP contribution >= 0.6 is 11.6 Å². The van der Waals surface area contributed by atoms with Gasteiger partial charge in [-0.15, -0.1) is 0 Å². The minimum Gasteiger partial charge on any atom is -0.381 e. The summed E-state index contributed by atoms with van der Waals surface area (Å²) in [5, 5.41) is 3.49. The van der Waals surface area contributed by atoms with E-state index in [1.54, 1.807) is 6.07 Å². The third-order valence-corrected chi connectivity index (χ3v) is 5.01. The third-order valence-electron chi connectivity index (χ3n) is 4.60. The van der Waals surface area contributed by atoms with Gasteiger partial charge in [-0.3, -0.25) is 9.59 Å². The Morgan fingerprint density at radius 3 is 2.78 bits per heavy atom. The number of halogens is 1. The molecule has 0 aromatic heterocycles. The molecule has 1 unspecified atom stereocenters. The molecule has 6 heteroatoms. The average molecular weight is 337 g/mol. The minimum absolute atomic E-state index is 0.0685. The van der Waals surface area contributed by atoms with Gasteiger partial charge in [0, 0.05) is 42.9 Å². The lowest BCUT2D eigenvalue weighted by atomic mass is 10.1. The fourth-order valence-corrected chi connectivity index (χ4v) is 3.35. The van der Waals surface area contributed by atoms with Gasteiger partial charge in [-0.2, -0.15) is 0 Å². The molecule has 0 aliphatic carbocycles. The summed E-state index contributed by atoms with van der Waals surface area (Å²) in [4.78, 5) is 26.5. The molecule has 1 aromatic carbocycles. The van der Waals surface area contributed by atoms with E-state index in [1.165, 1.54) is 0 Å². The van der Waals surface area contributed by atoms with Crippen molar-refractivity contribution in [1.82, 2.24) is 4.90 Å². The van der Waals surface area contributed by atoms with E-state index in [-0.39, 0.29) is 30.2 Å². The predicted octanol–water partition coefficient (Wildman–Crippen LogP) is 2.61. The minimum atomic E-state index is -0.301. The molecular weight excluding hydrogens is 316 g/mol. The van der Waals surface area contributed by atoms with Crippen LogP contribution in [0.2, 0.25) is 5.02 Å². The summed E-state index contributed by atoms with van der Waals surface area (Å²) in [7, 11) is 0. The van der Waals surface area contributed by atoms with Crippen LogP contribution in [0.3, 0.4) is 0 Å². The molecule has 2 aliphatic rings. The van der Waals surface area contributed by atoms with Crippen molar-refractivity contribution >= 4 is 29.1 Å². The van der Waals surface area contributed by atoms with Crippen molar-refractivity contribution in [2.75, 3.05) is 25.1 Å². The second-order valence-electron chi connectivity index (χ2n) is 6.24. The number of nitrogens with zero attached hydrogens (tertiary/aromatic N) is 1. The highest BCUT2D eigenvalue weighted by molar-refractivity contribution is 6.31. The van der Waals surface area contributed by atoms with Crippen LogP contribution in [0.15, 0.2) is 18.2 Å². The SMILES string of the molecule is Cc1ccc(NC(=O)C2CC(=O)N(C3CCOCC3)C2)cc1Cl. The van der Waals surface area contributed by atoms with E-state index >= 15 is 0 Å². The van der Waals surface area contributed by atoms with Crippen LogP contribution < -0.4 is 5.32 Å². The zero-order valence-electron chi connectivity index (χ0n) is 13.2. The number of likely N-dealkylation sites (tertiary alicyclic amines) is 1. The Kier molecular flexibility index (Phi) is 4.87. The van der Waals surface area contributed by atoms with Gasteiger partial charge in [0.1, 0.15) is 0 Å². The second kappa shape index (κ2) is 6.89. The van der Waals surface area contributed by atoms with Crippen LogP contribution in [-0.2, 0) is 14.3 Å². The van der Waals surface area contributed by atoms with Crippen LogP contribution in [0.25, 0.3) is 0 Å². The third kappa shape index (κ3) is 3.67. The molecule has 124 valence electrons. The lowest BCUT2D eigenvalue weighted by Crippen LogP contribution is -2.41. The van der Waals surface area contributed by atoms with Crippen molar-refractivity contribution in [2.24, 2.45) is 5.92 Å². The summed E-state index contributed by atoms with van der Waals surface area (Å²) >= 11 is 6.08. The Morgan fingerprint density at radius 1 is 1.35 bits per heavy atom. The summed E-state index contributed by atoms with van der Waals surface area (Å²) in [6.45, 7) is 3.78. The number of benzene rings is 1. The lowest BCUT2D eigenvalue weighted by molar-refractivity contribution is -0.131. The normalized spacial score (nSPS) is 22.4. The van der Waals surface area contributed by atoms with E-state index in [1.807, 2.05) is 24.0 Å². The topological polar surface area (TPSA) is 58.6 Å². The molecule has 2 aliphatic heterocycles. The van der Waals surface area contributed by atoms with Crippen LogP contribution in [-0.4, -0.2) is 42.5 Å². The van der Waals surface area contributed by atoms with Gasteiger partial charge in [-0.05, 0) is 37.5 Å². The van der Waals surface area contributed by atoms with Crippen LogP contribution in [0.4, 0.5) is 5.69 Å². The first kappa shape index (κ1) is 16.3. The smallest absolute Gasteiger partial charge is 0.229 e. The highest BCUT2D eigenvalue weighted by Gasteiger charge is 2.38. The maximum atomic E-state index is 12.4. The lowest BCUT2D eigenvalue weighted by Gasteiger charge is -2.31. The molecule has 0 radical (unpaired) electrons. The molecule has 0 saturated carbocycles. The van der Waals surface area contributed by atoms with Crippen LogP contribution in [0.5, 0.6) is 0 Å². The number of carbonyl (C=O) groups excluding carboxylic acids is 2. The number of aryl methyl sites for hydroxylation is 1. The van der Waals surface area contributed by atoms with Gasteiger partial charge in [0.2, 0.25) is 11.8 Å². The zero-order valence-corrected chi connectivity index (χ0v) is 13.9. The molecule has 1 aromatic rings. The molecule has 2 heterocycles. The van der Waals surface area contributed by atoms with Crippen molar-refractivity contribution in [2.45, 2.75) is 32.2 Å². The number of hydrogen-bond acceptors (Lipinski definition) is 3. The van der Waals surface area contributed by atoms with Crippen molar-refractivity contribution < 1.29 is 14.3 Å². The first-order valence-corrected chi connectivity index (χ1v) is 8.36. The summed E-state index contributed by atoms with van der Waals surface area (Å²) in [6.07, 6.45) is 1.99. The van der Waals surface area contributed by atoms with Gasteiger partial charge < -0.3 is 15.0 Å². The molecular formula is C17H21ClN2O3. The molecule has 23 heavy (non-hydrogen) atoms. The van der Waals surface area contributed by atoms with Gasteiger partial charge in [-0.1, -0.05) is 17.7 Å². The molecule has 2 saturated heterocycles. The second-order valence-corrected chi connectivity index (χ2v) is 6.65. The molecule has 3 rings (SSSR count).